The summed E-state index contributed by atoms with van der Waals surface area (Å²) >= 11 is 0. The summed E-state index contributed by atoms with van der Waals surface area (Å²) in [6.45, 7) is 0.457. The minimum atomic E-state index is -4.59. The Labute approximate surface area is 119 Å². The lowest BCUT2D eigenvalue weighted by Gasteiger charge is -2.11. The normalized spacial score (nSPS) is 11.1. The second-order valence-electron chi connectivity index (χ2n) is 3.91. The van der Waals surface area contributed by atoms with Crippen LogP contribution in [-0.2, 0) is 15.7 Å². The Hall–Kier alpha value is -2.10. The molecule has 21 heavy (non-hydrogen) atoms. The fourth-order valence-electron chi connectivity index (χ4n) is 1.32. The van der Waals surface area contributed by atoms with E-state index < -0.39 is 11.9 Å². The van der Waals surface area contributed by atoms with E-state index >= 15 is 0 Å². The number of methoxy groups -OCH3 is 1. The topological polar surface area (TPSA) is 88.2 Å². The number of amides is 1. The van der Waals surface area contributed by atoms with Crippen molar-refractivity contribution in [2.75, 3.05) is 44.5 Å². The van der Waals surface area contributed by atoms with Crippen molar-refractivity contribution >= 4 is 17.7 Å². The molecule has 3 N–H and O–H groups in total. The number of anilines is 2. The van der Waals surface area contributed by atoms with Crippen LogP contribution in [-0.4, -0.2) is 49.7 Å². The van der Waals surface area contributed by atoms with E-state index in [1.807, 2.05) is 0 Å². The average Bonchev–Trinajstić information content (AvgIpc) is 2.44. The molecule has 0 saturated heterocycles. The largest absolute Gasteiger partial charge is 0.433 e. The molecule has 1 aromatic rings. The molecule has 0 bridgehead atoms. The molecule has 118 valence electrons. The summed E-state index contributed by atoms with van der Waals surface area (Å²) in [5, 5.41) is 7.46. The molecule has 0 aliphatic heterocycles. The van der Waals surface area contributed by atoms with Gasteiger partial charge in [0.2, 0.25) is 11.9 Å². The van der Waals surface area contributed by atoms with E-state index in [0.29, 0.717) is 13.2 Å². The highest BCUT2D eigenvalue weighted by molar-refractivity contribution is 5.80. The van der Waals surface area contributed by atoms with Gasteiger partial charge in [0, 0.05) is 26.8 Å². The van der Waals surface area contributed by atoms with E-state index in [2.05, 4.69) is 25.9 Å². The number of aromatic nitrogens is 2. The molecule has 0 radical (unpaired) electrons. The van der Waals surface area contributed by atoms with Crippen molar-refractivity contribution in [3.8, 4) is 0 Å². The van der Waals surface area contributed by atoms with Crippen molar-refractivity contribution < 1.29 is 22.7 Å². The smallest absolute Gasteiger partial charge is 0.383 e. The predicted molar refractivity (Wildman–Crippen MR) is 70.0 cm³/mol. The van der Waals surface area contributed by atoms with Gasteiger partial charge in [0.05, 0.1) is 13.2 Å². The van der Waals surface area contributed by atoms with Gasteiger partial charge in [-0.1, -0.05) is 0 Å². The third-order valence-electron chi connectivity index (χ3n) is 2.30. The Morgan fingerprint density at radius 1 is 1.38 bits per heavy atom. The van der Waals surface area contributed by atoms with Crippen LogP contribution in [0.5, 0.6) is 0 Å². The lowest BCUT2D eigenvalue weighted by Crippen LogP contribution is -2.32. The quantitative estimate of drug-likeness (QED) is 0.643. The van der Waals surface area contributed by atoms with E-state index in [0.717, 1.165) is 6.07 Å². The summed E-state index contributed by atoms with van der Waals surface area (Å²) in [5.41, 5.74) is -1.09. The van der Waals surface area contributed by atoms with Crippen LogP contribution >= 0.6 is 0 Å². The highest BCUT2D eigenvalue weighted by Crippen LogP contribution is 2.29. The SMILES string of the molecule is CNc1nc(NCC(=O)NCCOC)cc(C(F)(F)F)n1. The third kappa shape index (κ3) is 5.81. The number of ether oxygens (including phenoxy) is 1. The maximum absolute atomic E-state index is 12.6. The van der Waals surface area contributed by atoms with Gasteiger partial charge in [0.15, 0.2) is 5.69 Å². The van der Waals surface area contributed by atoms with Crippen LogP contribution in [0.3, 0.4) is 0 Å². The molecule has 1 amide bonds. The van der Waals surface area contributed by atoms with Crippen molar-refractivity contribution in [2.24, 2.45) is 0 Å². The fraction of sp³-hybridized carbons (Fsp3) is 0.545. The molecular formula is C11H16F3N5O2. The van der Waals surface area contributed by atoms with Gasteiger partial charge in [-0.3, -0.25) is 4.79 Å². The van der Waals surface area contributed by atoms with Crippen LogP contribution in [0.4, 0.5) is 24.9 Å². The van der Waals surface area contributed by atoms with Gasteiger partial charge in [0.25, 0.3) is 0 Å². The Bertz CT molecular complexity index is 481. The Balaban J connectivity index is 2.68. The molecule has 1 rings (SSSR count). The molecule has 0 saturated carbocycles. The molecule has 7 nitrogen and oxygen atoms in total. The molecule has 0 unspecified atom stereocenters. The van der Waals surface area contributed by atoms with E-state index in [9.17, 15) is 18.0 Å². The Morgan fingerprint density at radius 2 is 2.10 bits per heavy atom. The second-order valence-corrected chi connectivity index (χ2v) is 3.91. The number of nitrogens with zero attached hydrogens (tertiary/aromatic N) is 2. The van der Waals surface area contributed by atoms with Crippen LogP contribution in [0, 0.1) is 0 Å². The molecule has 0 aliphatic carbocycles. The minimum Gasteiger partial charge on any atom is -0.383 e. The molecule has 0 fully saturated rings. The molecule has 0 aromatic carbocycles. The van der Waals surface area contributed by atoms with Crippen LogP contribution in [0.2, 0.25) is 0 Å². The summed E-state index contributed by atoms with van der Waals surface area (Å²) in [5.74, 6) is -0.666. The monoisotopic (exact) mass is 307 g/mol. The minimum absolute atomic E-state index is 0.0939. The maximum Gasteiger partial charge on any atom is 0.433 e. The first-order valence-electron chi connectivity index (χ1n) is 6.00. The molecule has 10 heteroatoms. The van der Waals surface area contributed by atoms with Gasteiger partial charge >= 0.3 is 6.18 Å². The summed E-state index contributed by atoms with van der Waals surface area (Å²) in [6.07, 6.45) is -4.59. The molecule has 0 spiro atoms. The zero-order valence-corrected chi connectivity index (χ0v) is 11.5. The van der Waals surface area contributed by atoms with Crippen LogP contribution in [0.15, 0.2) is 6.07 Å². The Kier molecular flexibility index (Phi) is 6.15. The van der Waals surface area contributed by atoms with E-state index in [1.165, 1.54) is 14.2 Å². The zero-order chi connectivity index (χ0) is 15.9. The van der Waals surface area contributed by atoms with E-state index in [1.54, 1.807) is 0 Å². The summed E-state index contributed by atoms with van der Waals surface area (Å²) in [7, 11) is 2.89. The van der Waals surface area contributed by atoms with Gasteiger partial charge < -0.3 is 20.7 Å². The second kappa shape index (κ2) is 7.62. The Morgan fingerprint density at radius 3 is 2.67 bits per heavy atom. The van der Waals surface area contributed by atoms with Crippen molar-refractivity contribution in [1.82, 2.24) is 15.3 Å². The molecule has 1 heterocycles. The highest BCUT2D eigenvalue weighted by Gasteiger charge is 2.33. The van der Waals surface area contributed by atoms with Crippen LogP contribution in [0.1, 0.15) is 5.69 Å². The molecule has 0 aliphatic rings. The first kappa shape index (κ1) is 17.0. The number of carbonyl (C=O) groups excluding carboxylic acids is 1. The fourth-order valence-corrected chi connectivity index (χ4v) is 1.32. The van der Waals surface area contributed by atoms with Crippen molar-refractivity contribution in [3.63, 3.8) is 0 Å². The van der Waals surface area contributed by atoms with Crippen molar-refractivity contribution in [3.05, 3.63) is 11.8 Å². The van der Waals surface area contributed by atoms with Gasteiger partial charge in [-0.15, -0.1) is 0 Å². The number of hydrogen-bond donors (Lipinski definition) is 3. The van der Waals surface area contributed by atoms with Crippen molar-refractivity contribution in [2.45, 2.75) is 6.18 Å². The van der Waals surface area contributed by atoms with E-state index in [4.69, 9.17) is 4.74 Å². The third-order valence-corrected chi connectivity index (χ3v) is 2.30. The average molecular weight is 307 g/mol. The summed E-state index contributed by atoms with van der Waals surface area (Å²) in [6, 6.07) is 0.739. The number of rotatable bonds is 7. The number of alkyl halides is 3. The van der Waals surface area contributed by atoms with Crippen molar-refractivity contribution in [1.29, 1.82) is 0 Å². The van der Waals surface area contributed by atoms with Gasteiger partial charge in [0.1, 0.15) is 5.82 Å². The maximum atomic E-state index is 12.6. The number of hydrogen-bond acceptors (Lipinski definition) is 6. The van der Waals surface area contributed by atoms with Gasteiger partial charge in [-0.2, -0.15) is 18.2 Å². The summed E-state index contributed by atoms with van der Waals surface area (Å²) < 4.78 is 42.7. The lowest BCUT2D eigenvalue weighted by molar-refractivity contribution is -0.141. The zero-order valence-electron chi connectivity index (χ0n) is 11.5. The molecule has 1 aromatic heterocycles. The number of nitrogens with one attached hydrogen (secondary N) is 3. The standard InChI is InChI=1S/C11H16F3N5O2/c1-15-10-18-7(11(12,13)14)5-8(19-10)17-6-9(20)16-3-4-21-2/h5H,3-4,6H2,1-2H3,(H,16,20)(H2,15,17,18,19). The van der Waals surface area contributed by atoms with E-state index in [-0.39, 0.29) is 24.2 Å². The highest BCUT2D eigenvalue weighted by atomic mass is 19.4. The van der Waals surface area contributed by atoms with Crippen LogP contribution in [0.25, 0.3) is 0 Å². The first-order chi connectivity index (χ1) is 9.86. The lowest BCUT2D eigenvalue weighted by atomic mass is 10.3. The number of halogens is 3. The van der Waals surface area contributed by atoms with Gasteiger partial charge in [-0.25, -0.2) is 4.98 Å². The first-order valence-corrected chi connectivity index (χ1v) is 6.00. The molecule has 0 atom stereocenters. The molecular weight excluding hydrogens is 291 g/mol. The predicted octanol–water partition coefficient (Wildman–Crippen LogP) is 0.712. The summed E-state index contributed by atoms with van der Waals surface area (Å²) in [4.78, 5) is 18.5. The van der Waals surface area contributed by atoms with Gasteiger partial charge in [-0.05, 0) is 0 Å². The number of carbonyl (C=O) groups is 1. The van der Waals surface area contributed by atoms with Crippen LogP contribution < -0.4 is 16.0 Å².